The molecule has 0 aliphatic heterocycles. The molecule has 1 N–H and O–H groups in total. The summed E-state index contributed by atoms with van der Waals surface area (Å²) in [5.41, 5.74) is -0.818. The van der Waals surface area contributed by atoms with E-state index in [4.69, 9.17) is 4.84 Å². The Labute approximate surface area is 150 Å². The SMILES string of the molecule is CCOC(=O)ON(NS(=O)(=O)c1ccccc1Br)C(C)(C)C.Cl. The van der Waals surface area contributed by atoms with E-state index in [2.05, 4.69) is 25.5 Å². The largest absolute Gasteiger partial charge is 0.529 e. The highest BCUT2D eigenvalue weighted by Crippen LogP contribution is 2.22. The number of nitrogens with zero attached hydrogens (tertiary/aromatic N) is 1. The highest BCUT2D eigenvalue weighted by molar-refractivity contribution is 9.10. The van der Waals surface area contributed by atoms with Crippen LogP contribution in [0.1, 0.15) is 27.7 Å². The zero-order chi connectivity index (χ0) is 17.0. The van der Waals surface area contributed by atoms with Crippen molar-refractivity contribution >= 4 is 44.5 Å². The van der Waals surface area contributed by atoms with Crippen molar-refractivity contribution in [2.24, 2.45) is 0 Å². The van der Waals surface area contributed by atoms with Crippen LogP contribution in [0, 0.1) is 0 Å². The quantitative estimate of drug-likeness (QED) is 0.569. The van der Waals surface area contributed by atoms with Gasteiger partial charge in [-0.3, -0.25) is 0 Å². The molecule has 10 heteroatoms. The zero-order valence-corrected chi connectivity index (χ0v) is 16.4. The Balaban J connectivity index is 0.00000484. The summed E-state index contributed by atoms with van der Waals surface area (Å²) in [6.07, 6.45) is -0.993. The van der Waals surface area contributed by atoms with Crippen molar-refractivity contribution in [3.8, 4) is 0 Å². The highest BCUT2D eigenvalue weighted by atomic mass is 79.9. The van der Waals surface area contributed by atoms with Crippen LogP contribution in [0.4, 0.5) is 4.79 Å². The van der Waals surface area contributed by atoms with Crippen LogP contribution < -0.4 is 4.83 Å². The summed E-state index contributed by atoms with van der Waals surface area (Å²) >= 11 is 3.18. The van der Waals surface area contributed by atoms with Gasteiger partial charge in [-0.25, -0.2) is 13.2 Å². The Morgan fingerprint density at radius 3 is 2.35 bits per heavy atom. The minimum absolute atomic E-state index is 0. The third-order valence-corrected chi connectivity index (χ3v) is 4.66. The molecule has 0 unspecified atom stereocenters. The number of nitrogens with one attached hydrogen (secondary N) is 1. The van der Waals surface area contributed by atoms with Crippen LogP contribution in [0.5, 0.6) is 0 Å². The number of hydroxylamine groups is 1. The smallest absolute Gasteiger partial charge is 0.433 e. The van der Waals surface area contributed by atoms with Gasteiger partial charge in [0.05, 0.1) is 17.0 Å². The fraction of sp³-hybridized carbons (Fsp3) is 0.462. The molecule has 7 nitrogen and oxygen atoms in total. The average Bonchev–Trinajstić information content (AvgIpc) is 2.37. The van der Waals surface area contributed by atoms with Crippen molar-refractivity contribution in [1.82, 2.24) is 10.0 Å². The molecular weight excluding hydrogens is 412 g/mol. The summed E-state index contributed by atoms with van der Waals surface area (Å²) in [6.45, 7) is 6.76. The van der Waals surface area contributed by atoms with E-state index in [9.17, 15) is 13.2 Å². The minimum Gasteiger partial charge on any atom is -0.433 e. The van der Waals surface area contributed by atoms with Crippen molar-refractivity contribution in [1.29, 1.82) is 0 Å². The van der Waals surface area contributed by atoms with E-state index in [-0.39, 0.29) is 23.9 Å². The standard InChI is InChI=1S/C13H19BrN2O5S.ClH/c1-5-20-12(17)21-16(13(2,3)4)15-22(18,19)11-9-7-6-8-10(11)14;/h6-9,15H,5H2,1-4H3;1H. The second-order valence-electron chi connectivity index (χ2n) is 5.26. The van der Waals surface area contributed by atoms with Crippen LogP contribution in [0.15, 0.2) is 33.6 Å². The second-order valence-corrected chi connectivity index (χ2v) is 7.75. The molecule has 0 saturated carbocycles. The lowest BCUT2D eigenvalue weighted by Gasteiger charge is -2.32. The lowest BCUT2D eigenvalue weighted by Crippen LogP contribution is -2.53. The Morgan fingerprint density at radius 1 is 1.30 bits per heavy atom. The topological polar surface area (TPSA) is 84.9 Å². The van der Waals surface area contributed by atoms with Gasteiger partial charge in [0.2, 0.25) is 0 Å². The Bertz CT molecular complexity index is 633. The molecule has 0 heterocycles. The second kappa shape index (κ2) is 8.84. The van der Waals surface area contributed by atoms with Gasteiger partial charge in [0, 0.05) is 4.47 Å². The van der Waals surface area contributed by atoms with Crippen LogP contribution in [0.25, 0.3) is 0 Å². The average molecular weight is 432 g/mol. The Morgan fingerprint density at radius 2 is 1.87 bits per heavy atom. The van der Waals surface area contributed by atoms with Gasteiger partial charge in [0.15, 0.2) is 0 Å². The van der Waals surface area contributed by atoms with Crippen LogP contribution >= 0.6 is 28.3 Å². The number of benzene rings is 1. The van der Waals surface area contributed by atoms with Gasteiger partial charge in [-0.05, 0) is 55.8 Å². The number of sulfonamides is 1. The van der Waals surface area contributed by atoms with Gasteiger partial charge in [0.25, 0.3) is 10.0 Å². The molecule has 0 fully saturated rings. The summed E-state index contributed by atoms with van der Waals surface area (Å²) in [4.78, 5) is 18.6. The number of ether oxygens (including phenoxy) is 1. The van der Waals surface area contributed by atoms with Crippen molar-refractivity contribution in [2.75, 3.05) is 6.61 Å². The van der Waals surface area contributed by atoms with Gasteiger partial charge in [-0.1, -0.05) is 17.3 Å². The molecule has 1 aromatic rings. The van der Waals surface area contributed by atoms with Crippen molar-refractivity contribution in [3.63, 3.8) is 0 Å². The molecule has 0 atom stereocenters. The van der Waals surface area contributed by atoms with E-state index in [0.29, 0.717) is 4.47 Å². The maximum atomic E-state index is 12.4. The molecule has 23 heavy (non-hydrogen) atoms. The molecule has 0 radical (unpaired) electrons. The first-order chi connectivity index (χ1) is 10.1. The van der Waals surface area contributed by atoms with E-state index in [1.54, 1.807) is 45.9 Å². The van der Waals surface area contributed by atoms with Crippen molar-refractivity contribution < 1.29 is 22.8 Å². The number of halogens is 2. The fourth-order valence-electron chi connectivity index (χ4n) is 1.33. The molecule has 0 aliphatic rings. The molecule has 0 saturated heterocycles. The van der Waals surface area contributed by atoms with E-state index < -0.39 is 21.7 Å². The molecule has 0 amide bonds. The van der Waals surface area contributed by atoms with Crippen LogP contribution in [-0.2, 0) is 19.6 Å². The van der Waals surface area contributed by atoms with Gasteiger partial charge in [-0.15, -0.1) is 17.2 Å². The number of hydrogen-bond donors (Lipinski definition) is 1. The third kappa shape index (κ3) is 6.64. The fourth-order valence-corrected chi connectivity index (χ4v) is 3.47. The van der Waals surface area contributed by atoms with Crippen LogP contribution in [-0.4, -0.2) is 31.9 Å². The van der Waals surface area contributed by atoms with Gasteiger partial charge < -0.3 is 9.57 Å². The Hall–Kier alpha value is -0.870. The summed E-state index contributed by atoms with van der Waals surface area (Å²) in [7, 11) is -3.94. The number of carbonyl (C=O) groups is 1. The number of hydrazine groups is 1. The minimum atomic E-state index is -3.94. The lowest BCUT2D eigenvalue weighted by atomic mass is 10.1. The predicted molar refractivity (Wildman–Crippen MR) is 91.4 cm³/mol. The lowest BCUT2D eigenvalue weighted by molar-refractivity contribution is -0.194. The van der Waals surface area contributed by atoms with Crippen LogP contribution in [0.2, 0.25) is 0 Å². The normalized spacial score (nSPS) is 11.7. The maximum absolute atomic E-state index is 12.4. The molecule has 132 valence electrons. The number of carbonyl (C=O) groups excluding carboxylic acids is 1. The molecule has 0 spiro atoms. The zero-order valence-electron chi connectivity index (χ0n) is 13.2. The summed E-state index contributed by atoms with van der Waals surface area (Å²) in [5, 5.41) is 0.847. The van der Waals surface area contributed by atoms with Crippen molar-refractivity contribution in [2.45, 2.75) is 38.1 Å². The summed E-state index contributed by atoms with van der Waals surface area (Å²) in [6, 6.07) is 6.31. The third-order valence-electron chi connectivity index (χ3n) is 2.37. The van der Waals surface area contributed by atoms with Crippen LogP contribution in [0.3, 0.4) is 0 Å². The van der Waals surface area contributed by atoms with Gasteiger partial charge >= 0.3 is 6.16 Å². The summed E-state index contributed by atoms with van der Waals surface area (Å²) < 4.78 is 29.9. The first-order valence-corrected chi connectivity index (χ1v) is 8.77. The van der Waals surface area contributed by atoms with Gasteiger partial charge in [-0.2, -0.15) is 0 Å². The van der Waals surface area contributed by atoms with Gasteiger partial charge in [0.1, 0.15) is 0 Å². The molecule has 0 aromatic heterocycles. The highest BCUT2D eigenvalue weighted by Gasteiger charge is 2.32. The molecule has 1 rings (SSSR count). The number of rotatable bonds is 5. The monoisotopic (exact) mass is 430 g/mol. The molecule has 0 aliphatic carbocycles. The van der Waals surface area contributed by atoms with Crippen molar-refractivity contribution in [3.05, 3.63) is 28.7 Å². The predicted octanol–water partition coefficient (Wildman–Crippen LogP) is 3.25. The maximum Gasteiger partial charge on any atom is 0.529 e. The molecular formula is C13H20BrClN2O5S. The van der Waals surface area contributed by atoms with E-state index >= 15 is 0 Å². The molecule has 1 aromatic carbocycles. The van der Waals surface area contributed by atoms with E-state index in [1.165, 1.54) is 6.07 Å². The molecule has 0 bridgehead atoms. The van der Waals surface area contributed by atoms with E-state index in [1.807, 2.05) is 0 Å². The summed E-state index contributed by atoms with van der Waals surface area (Å²) in [5.74, 6) is 0. The number of hydrogen-bond acceptors (Lipinski definition) is 6. The van der Waals surface area contributed by atoms with E-state index in [0.717, 1.165) is 5.17 Å². The Kier molecular flexibility index (Phi) is 8.50. The first kappa shape index (κ1) is 22.1. The first-order valence-electron chi connectivity index (χ1n) is 6.50.